The third kappa shape index (κ3) is 5.81. The summed E-state index contributed by atoms with van der Waals surface area (Å²) in [5, 5.41) is 15.6. The van der Waals surface area contributed by atoms with E-state index in [4.69, 9.17) is 10.9 Å². The Hall–Kier alpha value is -1.79. The Morgan fingerprint density at radius 1 is 1.43 bits per heavy atom. The molecular formula is C7H14N4O3. The van der Waals surface area contributed by atoms with Gasteiger partial charge in [0.1, 0.15) is 5.84 Å². The summed E-state index contributed by atoms with van der Waals surface area (Å²) in [6.45, 7) is 0.233. The van der Waals surface area contributed by atoms with E-state index in [1.807, 2.05) is 0 Å². The Bertz CT molecular complexity index is 239. The maximum absolute atomic E-state index is 11.0. The Morgan fingerprint density at radius 2 is 2.07 bits per heavy atom. The van der Waals surface area contributed by atoms with Crippen LogP contribution < -0.4 is 16.4 Å². The van der Waals surface area contributed by atoms with Gasteiger partial charge in [-0.05, 0) is 0 Å². The van der Waals surface area contributed by atoms with E-state index in [1.54, 1.807) is 0 Å². The first-order valence-electron chi connectivity index (χ1n) is 4.03. The molecule has 0 rings (SSSR count). The van der Waals surface area contributed by atoms with E-state index >= 15 is 0 Å². The molecule has 14 heavy (non-hydrogen) atoms. The average molecular weight is 202 g/mol. The zero-order valence-electron chi connectivity index (χ0n) is 7.91. The fraction of sp³-hybridized carbons (Fsp3) is 0.571. The lowest BCUT2D eigenvalue weighted by Gasteiger charge is -2.03. The van der Waals surface area contributed by atoms with Crippen molar-refractivity contribution < 1.29 is 14.8 Å². The maximum atomic E-state index is 11.0. The monoisotopic (exact) mass is 202 g/mol. The second kappa shape index (κ2) is 6.70. The van der Waals surface area contributed by atoms with Crippen LogP contribution in [-0.2, 0) is 9.59 Å². The van der Waals surface area contributed by atoms with E-state index in [2.05, 4.69) is 15.8 Å². The van der Waals surface area contributed by atoms with Gasteiger partial charge < -0.3 is 21.6 Å². The second-order valence-corrected chi connectivity index (χ2v) is 2.54. The van der Waals surface area contributed by atoms with Gasteiger partial charge in [-0.25, -0.2) is 0 Å². The molecule has 0 bridgehead atoms. The molecule has 0 aliphatic heterocycles. The summed E-state index contributed by atoms with van der Waals surface area (Å²) in [7, 11) is 1.51. The summed E-state index contributed by atoms with van der Waals surface area (Å²) in [5.74, 6) is -0.708. The highest BCUT2D eigenvalue weighted by Gasteiger charge is 2.04. The van der Waals surface area contributed by atoms with Crippen molar-refractivity contribution in [3.63, 3.8) is 0 Å². The van der Waals surface area contributed by atoms with Gasteiger partial charge in [0.05, 0.1) is 6.42 Å². The third-order valence-electron chi connectivity index (χ3n) is 1.42. The number of hydrogen-bond acceptors (Lipinski definition) is 4. The summed E-state index contributed by atoms with van der Waals surface area (Å²) < 4.78 is 0. The molecule has 0 unspecified atom stereocenters. The first-order valence-corrected chi connectivity index (χ1v) is 4.03. The molecule has 80 valence electrons. The van der Waals surface area contributed by atoms with Crippen molar-refractivity contribution in [1.82, 2.24) is 10.6 Å². The molecule has 0 radical (unpaired) electrons. The molecule has 0 aromatic rings. The number of hydrogen-bond donors (Lipinski definition) is 4. The number of nitrogens with one attached hydrogen (secondary N) is 2. The Labute approximate surface area is 81.3 Å². The van der Waals surface area contributed by atoms with Gasteiger partial charge in [0.15, 0.2) is 0 Å². The van der Waals surface area contributed by atoms with Crippen LogP contribution in [0.5, 0.6) is 0 Å². The van der Waals surface area contributed by atoms with E-state index in [0.29, 0.717) is 0 Å². The van der Waals surface area contributed by atoms with Crippen LogP contribution in [0.4, 0.5) is 0 Å². The van der Waals surface area contributed by atoms with Crippen molar-refractivity contribution in [2.45, 2.75) is 12.8 Å². The standard InChI is InChI=1S/C7H14N4O3/c1-9-6(12)2-3-10-7(13)4-5(8)11-14/h14H,2-4H2,1H3,(H2,8,11)(H,9,12)(H,10,13). The van der Waals surface area contributed by atoms with Crippen LogP contribution >= 0.6 is 0 Å². The first-order chi connectivity index (χ1) is 6.60. The van der Waals surface area contributed by atoms with Crippen LogP contribution in [0.3, 0.4) is 0 Å². The van der Waals surface area contributed by atoms with E-state index in [0.717, 1.165) is 0 Å². The van der Waals surface area contributed by atoms with Crippen molar-refractivity contribution in [3.05, 3.63) is 0 Å². The number of amidine groups is 1. The molecule has 0 aromatic carbocycles. The lowest BCUT2D eigenvalue weighted by molar-refractivity contribution is -0.121. The predicted octanol–water partition coefficient (Wildman–Crippen LogP) is -1.62. The average Bonchev–Trinajstić information content (AvgIpc) is 2.17. The quantitative estimate of drug-likeness (QED) is 0.185. The third-order valence-corrected chi connectivity index (χ3v) is 1.42. The Balaban J connectivity index is 3.60. The van der Waals surface area contributed by atoms with E-state index < -0.39 is 0 Å². The first kappa shape index (κ1) is 12.2. The van der Waals surface area contributed by atoms with Crippen LogP contribution in [0.1, 0.15) is 12.8 Å². The van der Waals surface area contributed by atoms with Crippen LogP contribution in [0, 0.1) is 0 Å². The molecule has 0 saturated heterocycles. The number of rotatable bonds is 5. The van der Waals surface area contributed by atoms with Gasteiger partial charge in [0.2, 0.25) is 11.8 Å². The molecule has 7 heteroatoms. The highest BCUT2D eigenvalue weighted by molar-refractivity contribution is 5.98. The second-order valence-electron chi connectivity index (χ2n) is 2.54. The molecule has 0 spiro atoms. The molecule has 0 heterocycles. The summed E-state index contributed by atoms with van der Waals surface area (Å²) in [4.78, 5) is 21.7. The molecule has 5 N–H and O–H groups in total. The zero-order chi connectivity index (χ0) is 11.0. The summed E-state index contributed by atoms with van der Waals surface area (Å²) in [5.41, 5.74) is 5.09. The van der Waals surface area contributed by atoms with Crippen molar-refractivity contribution in [2.24, 2.45) is 10.9 Å². The van der Waals surface area contributed by atoms with Crippen LogP contribution in [0.2, 0.25) is 0 Å². The number of oxime groups is 1. The van der Waals surface area contributed by atoms with Crippen molar-refractivity contribution in [1.29, 1.82) is 0 Å². The van der Waals surface area contributed by atoms with Gasteiger partial charge in [-0.3, -0.25) is 9.59 Å². The predicted molar refractivity (Wildman–Crippen MR) is 49.7 cm³/mol. The number of amides is 2. The topological polar surface area (TPSA) is 117 Å². The molecule has 0 atom stereocenters. The van der Waals surface area contributed by atoms with Crippen molar-refractivity contribution >= 4 is 17.6 Å². The number of nitrogens with two attached hydrogens (primary N) is 1. The van der Waals surface area contributed by atoms with Crippen LogP contribution in [0.15, 0.2) is 5.16 Å². The molecular weight excluding hydrogens is 188 g/mol. The largest absolute Gasteiger partial charge is 0.409 e. The number of carbonyl (C=O) groups is 2. The van der Waals surface area contributed by atoms with E-state index in [-0.39, 0.29) is 37.0 Å². The Kier molecular flexibility index (Phi) is 5.84. The maximum Gasteiger partial charge on any atom is 0.227 e. The van der Waals surface area contributed by atoms with Crippen LogP contribution in [0.25, 0.3) is 0 Å². The van der Waals surface area contributed by atoms with Crippen molar-refractivity contribution in [2.75, 3.05) is 13.6 Å². The zero-order valence-corrected chi connectivity index (χ0v) is 7.91. The van der Waals surface area contributed by atoms with E-state index in [1.165, 1.54) is 7.05 Å². The molecule has 7 nitrogen and oxygen atoms in total. The Morgan fingerprint density at radius 3 is 2.57 bits per heavy atom. The smallest absolute Gasteiger partial charge is 0.227 e. The molecule has 2 amide bonds. The SMILES string of the molecule is CNC(=O)CCNC(=O)CC(N)=NO. The van der Waals surface area contributed by atoms with Gasteiger partial charge in [-0.2, -0.15) is 0 Å². The summed E-state index contributed by atoms with van der Waals surface area (Å²) in [6, 6.07) is 0. The van der Waals surface area contributed by atoms with E-state index in [9.17, 15) is 9.59 Å². The minimum Gasteiger partial charge on any atom is -0.409 e. The lowest BCUT2D eigenvalue weighted by atomic mass is 10.3. The van der Waals surface area contributed by atoms with Gasteiger partial charge in [0, 0.05) is 20.0 Å². The highest BCUT2D eigenvalue weighted by Crippen LogP contribution is 1.81. The van der Waals surface area contributed by atoms with Gasteiger partial charge >= 0.3 is 0 Å². The summed E-state index contributed by atoms with van der Waals surface area (Å²) >= 11 is 0. The molecule has 0 aliphatic carbocycles. The van der Waals surface area contributed by atoms with Gasteiger partial charge in [0.25, 0.3) is 0 Å². The normalized spacial score (nSPS) is 10.8. The fourth-order valence-electron chi connectivity index (χ4n) is 0.703. The molecule has 0 aromatic heterocycles. The van der Waals surface area contributed by atoms with Gasteiger partial charge in [-0.15, -0.1) is 0 Å². The number of nitrogens with zero attached hydrogens (tertiary/aromatic N) is 1. The molecule has 0 saturated carbocycles. The molecule has 0 fully saturated rings. The van der Waals surface area contributed by atoms with Crippen LogP contribution in [-0.4, -0.2) is 36.4 Å². The lowest BCUT2D eigenvalue weighted by Crippen LogP contribution is -2.31. The minimum atomic E-state index is -0.385. The van der Waals surface area contributed by atoms with Gasteiger partial charge in [-0.1, -0.05) is 5.16 Å². The van der Waals surface area contributed by atoms with Crippen molar-refractivity contribution in [3.8, 4) is 0 Å². The number of carbonyl (C=O) groups excluding carboxylic acids is 2. The fourth-order valence-corrected chi connectivity index (χ4v) is 0.703. The molecule has 0 aliphatic rings. The highest BCUT2D eigenvalue weighted by atomic mass is 16.4. The summed E-state index contributed by atoms with van der Waals surface area (Å²) in [6.07, 6.45) is 0.0304. The minimum absolute atomic E-state index is 0.158.